The molecule has 0 radical (unpaired) electrons. The van der Waals surface area contributed by atoms with E-state index in [9.17, 15) is 8.42 Å². The number of hydrogen-bond donors (Lipinski definition) is 0. The van der Waals surface area contributed by atoms with Crippen LogP contribution in [-0.4, -0.2) is 25.8 Å². The Kier molecular flexibility index (Phi) is 5.19. The van der Waals surface area contributed by atoms with Gasteiger partial charge in [0, 0.05) is 13.1 Å². The van der Waals surface area contributed by atoms with Gasteiger partial charge in [-0.1, -0.05) is 19.8 Å². The monoisotopic (exact) mass is 312 g/mol. The first kappa shape index (κ1) is 15.5. The number of hydrogen-bond acceptors (Lipinski definition) is 4. The highest BCUT2D eigenvalue weighted by molar-refractivity contribution is 7.91. The zero-order valence-corrected chi connectivity index (χ0v) is 13.3. The molecule has 2 rings (SSSR count). The molecule has 1 atom stereocenters. The van der Waals surface area contributed by atoms with E-state index in [1.807, 2.05) is 6.07 Å². The molecule has 1 saturated heterocycles. The number of rotatable bonds is 4. The van der Waals surface area contributed by atoms with Crippen molar-refractivity contribution >= 4 is 21.4 Å². The highest BCUT2D eigenvalue weighted by Gasteiger charge is 2.28. The number of thiophene rings is 1. The van der Waals surface area contributed by atoms with Crippen LogP contribution < -0.4 is 0 Å². The van der Waals surface area contributed by atoms with Gasteiger partial charge in [0.15, 0.2) is 0 Å². The second-order valence-corrected chi connectivity index (χ2v) is 8.47. The molecule has 2 heterocycles. The van der Waals surface area contributed by atoms with Gasteiger partial charge in [-0.3, -0.25) is 0 Å². The Morgan fingerprint density at radius 2 is 2.20 bits per heavy atom. The van der Waals surface area contributed by atoms with Gasteiger partial charge in [0.2, 0.25) is 0 Å². The largest absolute Gasteiger partial charge is 0.252 e. The smallest absolute Gasteiger partial charge is 0.206 e. The number of nitriles is 1. The summed E-state index contributed by atoms with van der Waals surface area (Å²) in [6, 6.07) is 5.12. The molecule has 0 saturated carbocycles. The summed E-state index contributed by atoms with van der Waals surface area (Å²) in [5.41, 5.74) is 0. The molecule has 0 aromatic carbocycles. The molecule has 1 aliphatic heterocycles. The lowest BCUT2D eigenvalue weighted by Crippen LogP contribution is -2.31. The standard InChI is InChI=1S/C14H20N2O2S2/c1-2-4-12-5-3-9-16(10-8-12)20(17,18)14-7-6-13(11-15)19-14/h6-7,12H,2-5,8-10H2,1H3. The Morgan fingerprint density at radius 3 is 2.85 bits per heavy atom. The predicted octanol–water partition coefficient (Wildman–Crippen LogP) is 3.21. The van der Waals surface area contributed by atoms with Crippen LogP contribution in [0.3, 0.4) is 0 Å². The van der Waals surface area contributed by atoms with Gasteiger partial charge in [0.1, 0.15) is 15.2 Å². The molecule has 6 heteroatoms. The lowest BCUT2D eigenvalue weighted by molar-refractivity contribution is 0.400. The van der Waals surface area contributed by atoms with Crippen molar-refractivity contribution < 1.29 is 8.42 Å². The summed E-state index contributed by atoms with van der Waals surface area (Å²) in [6.07, 6.45) is 5.34. The Labute approximate surface area is 125 Å². The van der Waals surface area contributed by atoms with Gasteiger partial charge >= 0.3 is 0 Å². The normalized spacial score (nSPS) is 21.3. The third kappa shape index (κ3) is 3.40. The van der Waals surface area contributed by atoms with Crippen molar-refractivity contribution in [3.8, 4) is 6.07 Å². The molecular weight excluding hydrogens is 292 g/mol. The van der Waals surface area contributed by atoms with E-state index in [0.717, 1.165) is 37.0 Å². The molecular formula is C14H20N2O2S2. The van der Waals surface area contributed by atoms with E-state index < -0.39 is 10.0 Å². The molecule has 0 amide bonds. The fraction of sp³-hybridized carbons (Fsp3) is 0.643. The molecule has 110 valence electrons. The van der Waals surface area contributed by atoms with Gasteiger partial charge in [-0.15, -0.1) is 11.3 Å². The summed E-state index contributed by atoms with van der Waals surface area (Å²) in [4.78, 5) is 0.447. The fourth-order valence-electron chi connectivity index (χ4n) is 2.72. The SMILES string of the molecule is CCCC1CCCN(S(=O)(=O)c2ccc(C#N)s2)CC1. The Morgan fingerprint density at radius 1 is 1.40 bits per heavy atom. The van der Waals surface area contributed by atoms with Crippen LogP contribution in [0.1, 0.15) is 43.9 Å². The lowest BCUT2D eigenvalue weighted by Gasteiger charge is -2.19. The van der Waals surface area contributed by atoms with Gasteiger partial charge in [0.05, 0.1) is 0 Å². The maximum atomic E-state index is 12.6. The van der Waals surface area contributed by atoms with E-state index in [1.54, 1.807) is 16.4 Å². The highest BCUT2D eigenvalue weighted by atomic mass is 32.2. The van der Waals surface area contributed by atoms with Crippen LogP contribution >= 0.6 is 11.3 Å². The van der Waals surface area contributed by atoms with Crippen molar-refractivity contribution in [1.82, 2.24) is 4.31 Å². The average Bonchev–Trinajstić information content (AvgIpc) is 2.80. The van der Waals surface area contributed by atoms with Gasteiger partial charge in [-0.2, -0.15) is 9.57 Å². The zero-order valence-electron chi connectivity index (χ0n) is 11.7. The van der Waals surface area contributed by atoms with Crippen LogP contribution in [0.2, 0.25) is 0 Å². The zero-order chi connectivity index (χ0) is 14.6. The lowest BCUT2D eigenvalue weighted by atomic mass is 9.96. The highest BCUT2D eigenvalue weighted by Crippen LogP contribution is 2.28. The van der Waals surface area contributed by atoms with Crippen LogP contribution in [0.15, 0.2) is 16.3 Å². The number of nitrogens with zero attached hydrogens (tertiary/aromatic N) is 2. The maximum Gasteiger partial charge on any atom is 0.252 e. The summed E-state index contributed by atoms with van der Waals surface area (Å²) in [7, 11) is -3.41. The van der Waals surface area contributed by atoms with E-state index in [2.05, 4.69) is 6.92 Å². The quantitative estimate of drug-likeness (QED) is 0.857. The third-order valence-electron chi connectivity index (χ3n) is 3.79. The van der Waals surface area contributed by atoms with Crippen molar-refractivity contribution in [3.63, 3.8) is 0 Å². The molecule has 4 nitrogen and oxygen atoms in total. The molecule has 0 aliphatic carbocycles. The van der Waals surface area contributed by atoms with E-state index in [-0.39, 0.29) is 0 Å². The first-order valence-electron chi connectivity index (χ1n) is 7.08. The van der Waals surface area contributed by atoms with Crippen molar-refractivity contribution in [2.75, 3.05) is 13.1 Å². The summed E-state index contributed by atoms with van der Waals surface area (Å²) in [5.74, 6) is 0.651. The molecule has 0 N–H and O–H groups in total. The average molecular weight is 312 g/mol. The molecule has 1 aromatic rings. The minimum absolute atomic E-state index is 0.294. The van der Waals surface area contributed by atoms with E-state index >= 15 is 0 Å². The van der Waals surface area contributed by atoms with E-state index in [0.29, 0.717) is 28.1 Å². The van der Waals surface area contributed by atoms with Crippen molar-refractivity contribution in [2.24, 2.45) is 5.92 Å². The van der Waals surface area contributed by atoms with Gasteiger partial charge in [-0.05, 0) is 37.3 Å². The van der Waals surface area contributed by atoms with Crippen LogP contribution in [-0.2, 0) is 10.0 Å². The van der Waals surface area contributed by atoms with Gasteiger partial charge in [0.25, 0.3) is 10.0 Å². The Hall–Kier alpha value is -0.900. The fourth-order valence-corrected chi connectivity index (χ4v) is 5.47. The number of sulfonamides is 1. The predicted molar refractivity (Wildman–Crippen MR) is 80.0 cm³/mol. The molecule has 1 unspecified atom stereocenters. The third-order valence-corrected chi connectivity index (χ3v) is 7.15. The second kappa shape index (κ2) is 6.70. The van der Waals surface area contributed by atoms with Crippen molar-refractivity contribution in [1.29, 1.82) is 5.26 Å². The minimum atomic E-state index is -3.41. The first-order valence-corrected chi connectivity index (χ1v) is 9.33. The first-order chi connectivity index (χ1) is 9.57. The van der Waals surface area contributed by atoms with Crippen LogP contribution in [0, 0.1) is 17.2 Å². The van der Waals surface area contributed by atoms with Crippen LogP contribution in [0.4, 0.5) is 0 Å². The maximum absolute atomic E-state index is 12.6. The molecule has 0 bridgehead atoms. The van der Waals surface area contributed by atoms with Crippen LogP contribution in [0.25, 0.3) is 0 Å². The van der Waals surface area contributed by atoms with E-state index in [4.69, 9.17) is 5.26 Å². The molecule has 1 aliphatic rings. The Bertz CT molecular complexity index is 587. The molecule has 20 heavy (non-hydrogen) atoms. The van der Waals surface area contributed by atoms with Crippen molar-refractivity contribution in [2.45, 2.75) is 43.2 Å². The summed E-state index contributed by atoms with van der Waals surface area (Å²) in [5, 5.41) is 8.82. The Balaban J connectivity index is 2.12. The molecule has 1 aromatic heterocycles. The summed E-state index contributed by atoms with van der Waals surface area (Å²) < 4.78 is 27.0. The summed E-state index contributed by atoms with van der Waals surface area (Å²) >= 11 is 1.06. The minimum Gasteiger partial charge on any atom is -0.206 e. The second-order valence-electron chi connectivity index (χ2n) is 5.22. The van der Waals surface area contributed by atoms with E-state index in [1.165, 1.54) is 6.42 Å². The molecule has 0 spiro atoms. The van der Waals surface area contributed by atoms with Crippen molar-refractivity contribution in [3.05, 3.63) is 17.0 Å². The van der Waals surface area contributed by atoms with Gasteiger partial charge in [-0.25, -0.2) is 8.42 Å². The van der Waals surface area contributed by atoms with Crippen LogP contribution in [0.5, 0.6) is 0 Å². The topological polar surface area (TPSA) is 61.2 Å². The molecule has 1 fully saturated rings. The summed E-state index contributed by atoms with van der Waals surface area (Å²) in [6.45, 7) is 3.38. The van der Waals surface area contributed by atoms with Gasteiger partial charge < -0.3 is 0 Å².